The molecule has 0 atom stereocenters. The van der Waals surface area contributed by atoms with Gasteiger partial charge in [0.1, 0.15) is 11.5 Å². The van der Waals surface area contributed by atoms with E-state index in [0.29, 0.717) is 11.6 Å². The van der Waals surface area contributed by atoms with Crippen molar-refractivity contribution in [3.8, 4) is 11.5 Å². The first-order valence-corrected chi connectivity index (χ1v) is 7.41. The molecule has 0 aliphatic carbocycles. The van der Waals surface area contributed by atoms with Gasteiger partial charge in [-0.3, -0.25) is 0 Å². The number of anilines is 4. The molecule has 2 N–H and O–H groups in total. The third-order valence-corrected chi connectivity index (χ3v) is 3.40. The van der Waals surface area contributed by atoms with Gasteiger partial charge in [0.15, 0.2) is 11.6 Å². The van der Waals surface area contributed by atoms with E-state index < -0.39 is 0 Å². The smallest absolute Gasteiger partial charge is 0.173 e. The van der Waals surface area contributed by atoms with Crippen molar-refractivity contribution < 1.29 is 9.47 Å². The van der Waals surface area contributed by atoms with Crippen molar-refractivity contribution in [1.29, 1.82) is 0 Å². The monoisotopic (exact) mass is 322 g/mol. The topological polar surface area (TPSA) is 68.3 Å². The normalized spacial score (nSPS) is 10.1. The summed E-state index contributed by atoms with van der Waals surface area (Å²) in [4.78, 5) is 8.71. The lowest BCUT2D eigenvalue weighted by Crippen LogP contribution is -2.02. The molecule has 1 heterocycles. The maximum atomic E-state index is 5.16. The maximum absolute atomic E-state index is 5.16. The second-order valence-electron chi connectivity index (χ2n) is 4.96. The van der Waals surface area contributed by atoms with Crippen LogP contribution in [0.25, 0.3) is 0 Å². The van der Waals surface area contributed by atoms with Crippen molar-refractivity contribution in [3.05, 3.63) is 60.9 Å². The van der Waals surface area contributed by atoms with E-state index in [1.807, 2.05) is 48.5 Å². The average Bonchev–Trinajstić information content (AvgIpc) is 2.64. The molecule has 3 rings (SSSR count). The van der Waals surface area contributed by atoms with Gasteiger partial charge in [-0.2, -0.15) is 0 Å². The van der Waals surface area contributed by atoms with E-state index in [2.05, 4.69) is 20.6 Å². The lowest BCUT2D eigenvalue weighted by molar-refractivity contribution is 0.415. The molecule has 122 valence electrons. The molecule has 2 aromatic carbocycles. The fourth-order valence-corrected chi connectivity index (χ4v) is 2.14. The van der Waals surface area contributed by atoms with E-state index >= 15 is 0 Å². The minimum atomic E-state index is 0.637. The van der Waals surface area contributed by atoms with Gasteiger partial charge in [-0.1, -0.05) is 0 Å². The fourth-order valence-electron chi connectivity index (χ4n) is 2.14. The van der Waals surface area contributed by atoms with Crippen LogP contribution in [0.3, 0.4) is 0 Å². The zero-order valence-corrected chi connectivity index (χ0v) is 13.5. The summed E-state index contributed by atoms with van der Waals surface area (Å²) in [5.74, 6) is 2.88. The lowest BCUT2D eigenvalue weighted by Gasteiger charge is -2.12. The van der Waals surface area contributed by atoms with Crippen LogP contribution in [-0.2, 0) is 0 Å². The van der Waals surface area contributed by atoms with Crippen molar-refractivity contribution in [2.24, 2.45) is 0 Å². The van der Waals surface area contributed by atoms with Gasteiger partial charge >= 0.3 is 0 Å². The quantitative estimate of drug-likeness (QED) is 0.715. The number of hydrogen-bond donors (Lipinski definition) is 2. The molecule has 0 aliphatic rings. The third kappa shape index (κ3) is 3.73. The number of hydrogen-bond acceptors (Lipinski definition) is 6. The molecule has 6 heteroatoms. The number of nitrogens with zero attached hydrogens (tertiary/aromatic N) is 2. The minimum Gasteiger partial charge on any atom is -0.497 e. The van der Waals surface area contributed by atoms with Crippen molar-refractivity contribution in [2.45, 2.75) is 0 Å². The highest BCUT2D eigenvalue weighted by Gasteiger charge is 2.06. The SMILES string of the molecule is COc1ccc(Nc2nccnc2Nc2ccc(OC)cc2)cc1. The van der Waals surface area contributed by atoms with Crippen LogP contribution in [0, 0.1) is 0 Å². The molecule has 1 aromatic heterocycles. The number of ether oxygens (including phenoxy) is 2. The lowest BCUT2D eigenvalue weighted by atomic mass is 10.3. The molecule has 0 radical (unpaired) electrons. The Bertz CT molecular complexity index is 720. The summed E-state index contributed by atoms with van der Waals surface area (Å²) >= 11 is 0. The molecular weight excluding hydrogens is 304 g/mol. The first-order valence-electron chi connectivity index (χ1n) is 7.41. The second-order valence-corrected chi connectivity index (χ2v) is 4.96. The Balaban J connectivity index is 1.78. The highest BCUT2D eigenvalue weighted by molar-refractivity contribution is 5.72. The van der Waals surface area contributed by atoms with E-state index in [1.165, 1.54) is 0 Å². The molecule has 0 aliphatic heterocycles. The van der Waals surface area contributed by atoms with E-state index in [1.54, 1.807) is 26.6 Å². The highest BCUT2D eigenvalue weighted by atomic mass is 16.5. The molecule has 6 nitrogen and oxygen atoms in total. The summed E-state index contributed by atoms with van der Waals surface area (Å²) in [5.41, 5.74) is 1.79. The zero-order chi connectivity index (χ0) is 16.8. The van der Waals surface area contributed by atoms with E-state index in [4.69, 9.17) is 9.47 Å². The van der Waals surface area contributed by atoms with Crippen LogP contribution in [0.2, 0.25) is 0 Å². The van der Waals surface area contributed by atoms with Crippen LogP contribution < -0.4 is 20.1 Å². The van der Waals surface area contributed by atoms with Crippen LogP contribution in [0.15, 0.2) is 60.9 Å². The number of rotatable bonds is 6. The highest BCUT2D eigenvalue weighted by Crippen LogP contribution is 2.26. The van der Waals surface area contributed by atoms with E-state index in [0.717, 1.165) is 22.9 Å². The van der Waals surface area contributed by atoms with Crippen LogP contribution in [0.5, 0.6) is 11.5 Å². The summed E-state index contributed by atoms with van der Waals surface area (Å²) in [5, 5.41) is 6.50. The predicted octanol–water partition coefficient (Wildman–Crippen LogP) is 3.98. The Kier molecular flexibility index (Phi) is 4.76. The standard InChI is InChI=1S/C18H18N4O2/c1-23-15-7-3-13(4-8-15)21-17-18(20-12-11-19-17)22-14-5-9-16(24-2)10-6-14/h3-12H,1-2H3,(H,19,21)(H,20,22). The van der Waals surface area contributed by atoms with Crippen LogP contribution >= 0.6 is 0 Å². The Morgan fingerprint density at radius 3 is 1.33 bits per heavy atom. The van der Waals surface area contributed by atoms with Gasteiger partial charge < -0.3 is 20.1 Å². The van der Waals surface area contributed by atoms with Crippen molar-refractivity contribution >= 4 is 23.0 Å². The van der Waals surface area contributed by atoms with E-state index in [-0.39, 0.29) is 0 Å². The van der Waals surface area contributed by atoms with Crippen molar-refractivity contribution in [2.75, 3.05) is 24.9 Å². The Morgan fingerprint density at radius 1 is 0.625 bits per heavy atom. The molecule has 0 amide bonds. The fraction of sp³-hybridized carbons (Fsp3) is 0.111. The van der Waals surface area contributed by atoms with Crippen LogP contribution in [-0.4, -0.2) is 24.2 Å². The van der Waals surface area contributed by atoms with Crippen molar-refractivity contribution in [3.63, 3.8) is 0 Å². The molecule has 0 saturated heterocycles. The van der Waals surface area contributed by atoms with Crippen molar-refractivity contribution in [1.82, 2.24) is 9.97 Å². The Hall–Kier alpha value is -3.28. The zero-order valence-electron chi connectivity index (χ0n) is 13.5. The number of benzene rings is 2. The van der Waals surface area contributed by atoms with Crippen LogP contribution in [0.4, 0.5) is 23.0 Å². The largest absolute Gasteiger partial charge is 0.497 e. The summed E-state index contributed by atoms with van der Waals surface area (Å²) in [6, 6.07) is 15.2. The van der Waals surface area contributed by atoms with Gasteiger partial charge in [0.25, 0.3) is 0 Å². The summed E-state index contributed by atoms with van der Waals surface area (Å²) < 4.78 is 10.3. The molecule has 0 spiro atoms. The molecule has 24 heavy (non-hydrogen) atoms. The first kappa shape index (κ1) is 15.6. The third-order valence-electron chi connectivity index (χ3n) is 3.40. The van der Waals surface area contributed by atoms with Gasteiger partial charge in [-0.25, -0.2) is 9.97 Å². The average molecular weight is 322 g/mol. The predicted molar refractivity (Wildman–Crippen MR) is 94.6 cm³/mol. The second kappa shape index (κ2) is 7.32. The molecule has 0 bridgehead atoms. The number of methoxy groups -OCH3 is 2. The molecule has 3 aromatic rings. The summed E-state index contributed by atoms with van der Waals surface area (Å²) in [7, 11) is 3.28. The summed E-state index contributed by atoms with van der Waals surface area (Å²) in [6.07, 6.45) is 3.29. The maximum Gasteiger partial charge on any atom is 0.173 e. The van der Waals surface area contributed by atoms with Gasteiger partial charge in [0.05, 0.1) is 14.2 Å². The van der Waals surface area contributed by atoms with Gasteiger partial charge in [0.2, 0.25) is 0 Å². The first-order chi connectivity index (χ1) is 11.8. The van der Waals surface area contributed by atoms with Gasteiger partial charge in [0, 0.05) is 23.8 Å². The molecule has 0 unspecified atom stereocenters. The number of aromatic nitrogens is 2. The van der Waals surface area contributed by atoms with E-state index in [9.17, 15) is 0 Å². The molecule has 0 fully saturated rings. The Morgan fingerprint density at radius 2 is 1.00 bits per heavy atom. The molecule has 0 saturated carbocycles. The minimum absolute atomic E-state index is 0.637. The Labute approximate surface area is 140 Å². The van der Waals surface area contributed by atoms with Crippen LogP contribution in [0.1, 0.15) is 0 Å². The summed E-state index contributed by atoms with van der Waals surface area (Å²) in [6.45, 7) is 0. The number of nitrogens with one attached hydrogen (secondary N) is 2. The van der Waals surface area contributed by atoms with Gasteiger partial charge in [-0.15, -0.1) is 0 Å². The molecular formula is C18H18N4O2. The van der Waals surface area contributed by atoms with Gasteiger partial charge in [-0.05, 0) is 48.5 Å².